The van der Waals surface area contributed by atoms with Crippen LogP contribution in [-0.2, 0) is 0 Å². The van der Waals surface area contributed by atoms with Gasteiger partial charge in [0.1, 0.15) is 0 Å². The molecule has 1 spiro atoms. The minimum Gasteiger partial charge on any atom is -0.420 e. The Kier molecular flexibility index (Phi) is 2.48. The molecular formula is C15H18N4O. The van der Waals surface area contributed by atoms with E-state index in [1.807, 2.05) is 19.1 Å². The molecule has 2 aliphatic rings. The highest BCUT2D eigenvalue weighted by atomic mass is 16.4. The molecule has 2 aliphatic carbocycles. The molecule has 104 valence electrons. The second-order valence-corrected chi connectivity index (χ2v) is 6.41. The zero-order chi connectivity index (χ0) is 13.7. The van der Waals surface area contributed by atoms with Gasteiger partial charge in [0.2, 0.25) is 11.8 Å². The van der Waals surface area contributed by atoms with Crippen LogP contribution in [-0.4, -0.2) is 21.2 Å². The van der Waals surface area contributed by atoms with Gasteiger partial charge in [-0.3, -0.25) is 4.98 Å². The summed E-state index contributed by atoms with van der Waals surface area (Å²) in [5, 5.41) is 8.35. The number of nitrogens with two attached hydrogens (primary N) is 1. The Bertz CT molecular complexity index is 620. The second-order valence-electron chi connectivity index (χ2n) is 6.41. The third-order valence-electron chi connectivity index (χ3n) is 4.70. The first kappa shape index (κ1) is 12.0. The summed E-state index contributed by atoms with van der Waals surface area (Å²) in [5.41, 5.74) is 8.24. The standard InChI is InChI=1S/C15H18N4O/c1-9-2-3-10(8-17-9)13-18-19-14(20-13)11-4-15(5-11)6-12(16)7-15/h2-3,8,11-12H,4-7,16H2,1H3. The average Bonchev–Trinajstić information content (AvgIpc) is 2.82. The Balaban J connectivity index is 1.48. The van der Waals surface area contributed by atoms with Gasteiger partial charge in [0.05, 0.1) is 5.56 Å². The van der Waals surface area contributed by atoms with Crippen molar-refractivity contribution in [3.05, 3.63) is 29.9 Å². The molecule has 0 amide bonds. The molecule has 2 heterocycles. The molecule has 2 aromatic heterocycles. The Morgan fingerprint density at radius 2 is 2.00 bits per heavy atom. The van der Waals surface area contributed by atoms with Gasteiger partial charge in [-0.05, 0) is 50.2 Å². The van der Waals surface area contributed by atoms with Gasteiger partial charge >= 0.3 is 0 Å². The van der Waals surface area contributed by atoms with Crippen molar-refractivity contribution in [3.8, 4) is 11.5 Å². The number of rotatable bonds is 2. The molecule has 0 bridgehead atoms. The van der Waals surface area contributed by atoms with Gasteiger partial charge in [-0.15, -0.1) is 10.2 Å². The lowest BCUT2D eigenvalue weighted by Crippen LogP contribution is -2.52. The van der Waals surface area contributed by atoms with Crippen LogP contribution in [0.3, 0.4) is 0 Å². The Labute approximate surface area is 117 Å². The second kappa shape index (κ2) is 4.12. The molecule has 0 saturated heterocycles. The summed E-state index contributed by atoms with van der Waals surface area (Å²) in [6.45, 7) is 1.96. The van der Waals surface area contributed by atoms with Crippen LogP contribution in [0.4, 0.5) is 0 Å². The minimum absolute atomic E-state index is 0.410. The Morgan fingerprint density at radius 1 is 1.20 bits per heavy atom. The van der Waals surface area contributed by atoms with Crippen LogP contribution in [0.15, 0.2) is 22.7 Å². The van der Waals surface area contributed by atoms with E-state index in [0.29, 0.717) is 23.3 Å². The molecule has 2 aromatic rings. The summed E-state index contributed by atoms with van der Waals surface area (Å²) in [4.78, 5) is 4.26. The number of hydrogen-bond donors (Lipinski definition) is 1. The fourth-order valence-electron chi connectivity index (χ4n) is 3.66. The van der Waals surface area contributed by atoms with Crippen molar-refractivity contribution < 1.29 is 4.42 Å². The van der Waals surface area contributed by atoms with E-state index >= 15 is 0 Å². The van der Waals surface area contributed by atoms with E-state index in [1.165, 1.54) is 0 Å². The largest absolute Gasteiger partial charge is 0.420 e. The minimum atomic E-state index is 0.410. The normalized spacial score (nSPS) is 31.9. The molecule has 0 unspecified atom stereocenters. The number of nitrogens with zero attached hydrogens (tertiary/aromatic N) is 3. The lowest BCUT2D eigenvalue weighted by Gasteiger charge is -2.56. The summed E-state index contributed by atoms with van der Waals surface area (Å²) in [6.07, 6.45) is 6.39. The maximum Gasteiger partial charge on any atom is 0.249 e. The van der Waals surface area contributed by atoms with Crippen molar-refractivity contribution in [1.82, 2.24) is 15.2 Å². The van der Waals surface area contributed by atoms with Crippen LogP contribution in [0.2, 0.25) is 0 Å². The predicted octanol–water partition coefficient (Wildman–Crippen LogP) is 2.42. The number of hydrogen-bond acceptors (Lipinski definition) is 5. The number of aryl methyl sites for hydroxylation is 1. The highest BCUT2D eigenvalue weighted by molar-refractivity contribution is 5.50. The van der Waals surface area contributed by atoms with Crippen LogP contribution < -0.4 is 5.73 Å². The van der Waals surface area contributed by atoms with E-state index in [2.05, 4.69) is 15.2 Å². The number of aromatic nitrogens is 3. The first-order valence-corrected chi connectivity index (χ1v) is 7.16. The smallest absolute Gasteiger partial charge is 0.249 e. The van der Waals surface area contributed by atoms with Crippen LogP contribution >= 0.6 is 0 Å². The van der Waals surface area contributed by atoms with Crippen molar-refractivity contribution in [2.45, 2.75) is 44.6 Å². The number of pyridine rings is 1. The Morgan fingerprint density at radius 3 is 2.65 bits per heavy atom. The Hall–Kier alpha value is -1.75. The lowest BCUT2D eigenvalue weighted by molar-refractivity contribution is -0.0160. The maximum atomic E-state index is 5.88. The van der Waals surface area contributed by atoms with Gasteiger partial charge in [-0.25, -0.2) is 0 Å². The molecule has 0 atom stereocenters. The average molecular weight is 270 g/mol. The van der Waals surface area contributed by atoms with Crippen LogP contribution in [0, 0.1) is 12.3 Å². The summed E-state index contributed by atoms with van der Waals surface area (Å²) >= 11 is 0. The molecule has 2 N–H and O–H groups in total. The quantitative estimate of drug-likeness (QED) is 0.906. The molecule has 0 aliphatic heterocycles. The van der Waals surface area contributed by atoms with E-state index in [1.54, 1.807) is 6.20 Å². The van der Waals surface area contributed by atoms with E-state index in [0.717, 1.165) is 42.8 Å². The van der Waals surface area contributed by atoms with E-state index in [-0.39, 0.29) is 0 Å². The lowest BCUT2D eigenvalue weighted by atomic mass is 9.50. The predicted molar refractivity (Wildman–Crippen MR) is 73.9 cm³/mol. The van der Waals surface area contributed by atoms with Crippen molar-refractivity contribution in [2.75, 3.05) is 0 Å². The topological polar surface area (TPSA) is 77.8 Å². The highest BCUT2D eigenvalue weighted by Crippen LogP contribution is 2.61. The van der Waals surface area contributed by atoms with Crippen molar-refractivity contribution in [3.63, 3.8) is 0 Å². The molecule has 2 fully saturated rings. The maximum absolute atomic E-state index is 5.88. The van der Waals surface area contributed by atoms with Crippen LogP contribution in [0.1, 0.15) is 43.2 Å². The van der Waals surface area contributed by atoms with Crippen molar-refractivity contribution in [2.24, 2.45) is 11.1 Å². The van der Waals surface area contributed by atoms with E-state index < -0.39 is 0 Å². The van der Waals surface area contributed by atoms with Gasteiger partial charge in [-0.1, -0.05) is 0 Å². The monoisotopic (exact) mass is 270 g/mol. The zero-order valence-corrected chi connectivity index (χ0v) is 11.5. The summed E-state index contributed by atoms with van der Waals surface area (Å²) < 4.78 is 5.81. The molecule has 5 nitrogen and oxygen atoms in total. The van der Waals surface area contributed by atoms with Gasteiger partial charge in [0.25, 0.3) is 0 Å². The van der Waals surface area contributed by atoms with Crippen molar-refractivity contribution >= 4 is 0 Å². The first-order valence-electron chi connectivity index (χ1n) is 7.16. The van der Waals surface area contributed by atoms with Crippen molar-refractivity contribution in [1.29, 1.82) is 0 Å². The molecular weight excluding hydrogens is 252 g/mol. The third-order valence-corrected chi connectivity index (χ3v) is 4.70. The molecule has 20 heavy (non-hydrogen) atoms. The summed E-state index contributed by atoms with van der Waals surface area (Å²) in [5.74, 6) is 1.76. The fourth-order valence-corrected chi connectivity index (χ4v) is 3.66. The third kappa shape index (κ3) is 1.85. The van der Waals surface area contributed by atoms with Crippen LogP contribution in [0.5, 0.6) is 0 Å². The first-order chi connectivity index (χ1) is 9.63. The molecule has 0 radical (unpaired) electrons. The molecule has 2 saturated carbocycles. The molecule has 5 heteroatoms. The zero-order valence-electron chi connectivity index (χ0n) is 11.5. The van der Waals surface area contributed by atoms with Gasteiger partial charge in [0, 0.05) is 23.9 Å². The molecule has 4 rings (SSSR count). The summed E-state index contributed by atoms with van der Waals surface area (Å²) in [6, 6.07) is 4.33. The summed E-state index contributed by atoms with van der Waals surface area (Å²) in [7, 11) is 0. The van der Waals surface area contributed by atoms with Gasteiger partial charge in [-0.2, -0.15) is 0 Å². The highest BCUT2D eigenvalue weighted by Gasteiger charge is 2.53. The van der Waals surface area contributed by atoms with Gasteiger partial charge in [0.15, 0.2) is 0 Å². The van der Waals surface area contributed by atoms with Crippen LogP contribution in [0.25, 0.3) is 11.5 Å². The molecule has 0 aromatic carbocycles. The van der Waals surface area contributed by atoms with E-state index in [4.69, 9.17) is 10.2 Å². The van der Waals surface area contributed by atoms with E-state index in [9.17, 15) is 0 Å². The van der Waals surface area contributed by atoms with Gasteiger partial charge < -0.3 is 10.2 Å². The fraction of sp³-hybridized carbons (Fsp3) is 0.533. The SMILES string of the molecule is Cc1ccc(-c2nnc(C3CC4(CC(N)C4)C3)o2)cn1.